The zero-order valence-electron chi connectivity index (χ0n) is 29.3. The maximum Gasteiger partial charge on any atom is 0.245 e. The summed E-state index contributed by atoms with van der Waals surface area (Å²) in [4.78, 5) is 22.0. The van der Waals surface area contributed by atoms with Crippen molar-refractivity contribution < 1.29 is 14.3 Å². The first kappa shape index (κ1) is 33.2. The number of amides is 1. The summed E-state index contributed by atoms with van der Waals surface area (Å²) in [6, 6.07) is 3.60. The molecule has 1 aromatic carbocycles. The highest BCUT2D eigenvalue weighted by Gasteiger charge is 2.55. The van der Waals surface area contributed by atoms with Crippen LogP contribution >= 0.6 is 23.2 Å². The Morgan fingerprint density at radius 3 is 2.52 bits per heavy atom. The van der Waals surface area contributed by atoms with Crippen molar-refractivity contribution in [3.05, 3.63) is 40.7 Å². The molecule has 0 bridgehead atoms. The molecule has 3 atom stereocenters. The average molecular weight is 724 g/mol. The fourth-order valence-electron chi connectivity index (χ4n) is 10.3. The number of piperidine rings is 1. The molecule has 50 heavy (non-hydrogen) atoms. The predicted molar refractivity (Wildman–Crippen MR) is 195 cm³/mol. The van der Waals surface area contributed by atoms with E-state index in [0.29, 0.717) is 34.1 Å². The summed E-state index contributed by atoms with van der Waals surface area (Å²) in [5.74, 6) is 1.57. The molecule has 6 fully saturated rings. The number of piperazine rings is 1. The van der Waals surface area contributed by atoms with Gasteiger partial charge in [-0.05, 0) is 64.5 Å². The maximum atomic E-state index is 12.2. The third-order valence-electron chi connectivity index (χ3n) is 12.9. The number of carbonyl (C=O) groups is 1. The Morgan fingerprint density at radius 2 is 1.80 bits per heavy atom. The molecule has 7 heterocycles. The van der Waals surface area contributed by atoms with Gasteiger partial charge in [0.25, 0.3) is 0 Å². The Kier molecular flexibility index (Phi) is 8.10. The highest BCUT2D eigenvalue weighted by Crippen LogP contribution is 2.56. The molecular weight excluding hydrogens is 675 g/mol. The average Bonchev–Trinajstić information content (AvgIpc) is 3.76. The van der Waals surface area contributed by atoms with Gasteiger partial charge < -0.3 is 19.3 Å². The SMILES string of the molecule is C=CC(=O)N1CC2(CC(n3nc(N4CC[C@@H](CN5CCN(C6COC6)[C@@H]6COC[C@@H]65)CC4(C)C)c(-c4c(Cl)c(Cl)cc5[nH]ncc45)c3C)C2)C1. The van der Waals surface area contributed by atoms with Gasteiger partial charge in [-0.2, -0.15) is 10.2 Å². The van der Waals surface area contributed by atoms with Crippen LogP contribution in [0.2, 0.25) is 10.0 Å². The van der Waals surface area contributed by atoms with Gasteiger partial charge in [-0.3, -0.25) is 24.4 Å². The highest BCUT2D eigenvalue weighted by molar-refractivity contribution is 6.45. The number of nitrogens with one attached hydrogen (secondary N) is 1. The number of benzene rings is 1. The molecule has 9 rings (SSSR count). The van der Waals surface area contributed by atoms with Crippen LogP contribution in [0.3, 0.4) is 0 Å². The van der Waals surface area contributed by atoms with Crippen LogP contribution in [0.1, 0.15) is 51.3 Å². The summed E-state index contributed by atoms with van der Waals surface area (Å²) in [5, 5.41) is 14.9. The molecule has 5 aliphatic heterocycles. The highest BCUT2D eigenvalue weighted by atomic mass is 35.5. The molecule has 13 heteroatoms. The quantitative estimate of drug-likeness (QED) is 0.334. The number of fused-ring (bicyclic) bond motifs is 2. The van der Waals surface area contributed by atoms with Crippen LogP contribution in [-0.4, -0.2) is 130 Å². The van der Waals surface area contributed by atoms with Gasteiger partial charge in [0.15, 0.2) is 5.82 Å². The number of H-pyrrole nitrogens is 1. The summed E-state index contributed by atoms with van der Waals surface area (Å²) >= 11 is 13.9. The summed E-state index contributed by atoms with van der Waals surface area (Å²) < 4.78 is 13.9. The second-order valence-electron chi connectivity index (χ2n) is 16.5. The lowest BCUT2D eigenvalue weighted by Gasteiger charge is -2.58. The first-order valence-electron chi connectivity index (χ1n) is 18.3. The molecule has 5 saturated heterocycles. The first-order valence-corrected chi connectivity index (χ1v) is 19.1. The number of likely N-dealkylation sites (tertiary alicyclic amines) is 1. The van der Waals surface area contributed by atoms with Crippen molar-refractivity contribution in [3.8, 4) is 11.1 Å². The summed E-state index contributed by atoms with van der Waals surface area (Å²) in [5.41, 5.74) is 3.91. The second-order valence-corrected chi connectivity index (χ2v) is 17.3. The van der Waals surface area contributed by atoms with E-state index >= 15 is 0 Å². The molecule has 1 saturated carbocycles. The molecule has 6 aliphatic rings. The lowest BCUT2D eigenvalue weighted by molar-refractivity contribution is -0.149. The minimum atomic E-state index is -0.138. The number of anilines is 1. The van der Waals surface area contributed by atoms with Gasteiger partial charge in [0, 0.05) is 72.4 Å². The van der Waals surface area contributed by atoms with Crippen molar-refractivity contribution in [2.24, 2.45) is 11.3 Å². The summed E-state index contributed by atoms with van der Waals surface area (Å²) in [7, 11) is 0. The van der Waals surface area contributed by atoms with E-state index in [1.807, 2.05) is 17.2 Å². The number of rotatable bonds is 7. The summed E-state index contributed by atoms with van der Waals surface area (Å²) in [6.07, 6.45) is 7.42. The number of aromatic nitrogens is 4. The van der Waals surface area contributed by atoms with Crippen molar-refractivity contribution in [3.63, 3.8) is 0 Å². The van der Waals surface area contributed by atoms with Crippen molar-refractivity contribution in [1.82, 2.24) is 34.7 Å². The molecule has 0 radical (unpaired) electrons. The van der Waals surface area contributed by atoms with E-state index in [2.05, 4.69) is 56.9 Å². The van der Waals surface area contributed by atoms with Crippen LogP contribution in [0.25, 0.3) is 22.0 Å². The fraction of sp³-hybridized carbons (Fsp3) is 0.649. The van der Waals surface area contributed by atoms with Gasteiger partial charge in [-0.1, -0.05) is 29.8 Å². The molecule has 11 nitrogen and oxygen atoms in total. The van der Waals surface area contributed by atoms with Crippen LogP contribution < -0.4 is 4.90 Å². The van der Waals surface area contributed by atoms with Gasteiger partial charge in [0.2, 0.25) is 5.91 Å². The van der Waals surface area contributed by atoms with E-state index in [1.165, 1.54) is 6.08 Å². The van der Waals surface area contributed by atoms with E-state index in [4.69, 9.17) is 37.8 Å². The maximum absolute atomic E-state index is 12.2. The van der Waals surface area contributed by atoms with E-state index in [-0.39, 0.29) is 22.9 Å². The Balaban J connectivity index is 0.997. The Hall–Kier alpha value is -2.67. The fourth-order valence-corrected chi connectivity index (χ4v) is 10.8. The topological polar surface area (TPSA) is 95.0 Å². The third-order valence-corrected chi connectivity index (χ3v) is 13.7. The van der Waals surface area contributed by atoms with Crippen molar-refractivity contribution >= 4 is 45.8 Å². The van der Waals surface area contributed by atoms with Gasteiger partial charge in [-0.25, -0.2) is 0 Å². The molecule has 3 aromatic rings. The zero-order chi connectivity index (χ0) is 34.5. The van der Waals surface area contributed by atoms with E-state index in [1.54, 1.807) is 0 Å². The molecule has 1 spiro atoms. The predicted octanol–water partition coefficient (Wildman–Crippen LogP) is 5.17. The van der Waals surface area contributed by atoms with E-state index < -0.39 is 0 Å². The first-order chi connectivity index (χ1) is 24.1. The number of ether oxygens (including phenoxy) is 2. The van der Waals surface area contributed by atoms with Gasteiger partial charge in [-0.15, -0.1) is 0 Å². The zero-order valence-corrected chi connectivity index (χ0v) is 30.8. The van der Waals surface area contributed by atoms with Gasteiger partial charge in [0.05, 0.1) is 72.4 Å². The number of hydrogen-bond acceptors (Lipinski definition) is 8. The van der Waals surface area contributed by atoms with Crippen molar-refractivity contribution in [2.45, 2.75) is 76.2 Å². The monoisotopic (exact) mass is 722 g/mol. The molecular formula is C37H48Cl2N8O3. The molecule has 1 amide bonds. The Bertz CT molecular complexity index is 1820. The number of carbonyl (C=O) groups excluding carboxylic acids is 1. The van der Waals surface area contributed by atoms with Crippen LogP contribution in [0.5, 0.6) is 0 Å². The Labute approximate surface area is 303 Å². The minimum absolute atomic E-state index is 0.0201. The van der Waals surface area contributed by atoms with E-state index in [0.717, 1.165) is 125 Å². The lowest BCUT2D eigenvalue weighted by Crippen LogP contribution is -2.65. The lowest BCUT2D eigenvalue weighted by atomic mass is 9.60. The van der Waals surface area contributed by atoms with Gasteiger partial charge >= 0.3 is 0 Å². The molecule has 2 aromatic heterocycles. The van der Waals surface area contributed by atoms with E-state index in [9.17, 15) is 4.79 Å². The minimum Gasteiger partial charge on any atom is -0.378 e. The summed E-state index contributed by atoms with van der Waals surface area (Å²) in [6.45, 7) is 19.7. The van der Waals surface area contributed by atoms with Crippen LogP contribution in [0.4, 0.5) is 5.82 Å². The van der Waals surface area contributed by atoms with Crippen LogP contribution in [0.15, 0.2) is 24.9 Å². The van der Waals surface area contributed by atoms with Crippen LogP contribution in [-0.2, 0) is 14.3 Å². The Morgan fingerprint density at radius 1 is 1.04 bits per heavy atom. The number of hydrogen-bond donors (Lipinski definition) is 1. The normalized spacial score (nSPS) is 28.5. The van der Waals surface area contributed by atoms with Gasteiger partial charge in [0.1, 0.15) is 0 Å². The van der Waals surface area contributed by atoms with Crippen molar-refractivity contribution in [1.29, 1.82) is 0 Å². The molecule has 1 aliphatic carbocycles. The molecule has 1 N–H and O–H groups in total. The van der Waals surface area contributed by atoms with Crippen molar-refractivity contribution in [2.75, 3.05) is 70.6 Å². The smallest absolute Gasteiger partial charge is 0.245 e. The number of aromatic amines is 1. The standard InChI is InChI=1S/C37H48Cl2N8O3/c1-5-31(48)44-20-37(21-44)12-24(13-37)47-22(2)32(33-26-14-40-41-28(26)10-27(38)34(33)39)35(42-47)46-7-6-23(11-36(46,3)4)15-43-8-9-45(25-16-49-17-25)30-19-50-18-29(30)43/h5,10,14,23-25,29-30H,1,6-9,11-13,15-21H2,2-4H3,(H,40,41)/t23-,29+,30-/m1/s1. The molecule has 268 valence electrons. The largest absolute Gasteiger partial charge is 0.378 e. The number of halogens is 2. The molecule has 0 unspecified atom stereocenters. The van der Waals surface area contributed by atoms with Crippen LogP contribution in [0, 0.1) is 18.3 Å². The third kappa shape index (κ3) is 5.24. The second kappa shape index (κ2) is 12.2. The number of nitrogens with zero attached hydrogens (tertiary/aromatic N) is 7.